The minimum atomic E-state index is -0.788. The van der Waals surface area contributed by atoms with Gasteiger partial charge in [-0.2, -0.15) is 0 Å². The number of aliphatic hydroxyl groups excluding tert-OH is 2. The molecule has 0 fully saturated rings. The van der Waals surface area contributed by atoms with Crippen LogP contribution >= 0.6 is 0 Å². The van der Waals surface area contributed by atoms with E-state index in [2.05, 4.69) is 50.4 Å². The molecule has 6 heteroatoms. The van der Waals surface area contributed by atoms with Crippen molar-refractivity contribution >= 4 is 11.9 Å². The van der Waals surface area contributed by atoms with Crippen LogP contribution in [0.15, 0.2) is 24.3 Å². The van der Waals surface area contributed by atoms with E-state index in [1.54, 1.807) is 0 Å². The Labute approximate surface area is 367 Å². The van der Waals surface area contributed by atoms with Gasteiger partial charge >= 0.3 is 5.97 Å². The largest absolute Gasteiger partial charge is 0.462 e. The van der Waals surface area contributed by atoms with Gasteiger partial charge in [0.2, 0.25) is 5.91 Å². The van der Waals surface area contributed by atoms with E-state index in [0.29, 0.717) is 19.3 Å². The van der Waals surface area contributed by atoms with Crippen LogP contribution < -0.4 is 5.32 Å². The molecule has 0 saturated heterocycles. The first-order chi connectivity index (χ1) is 29.0. The van der Waals surface area contributed by atoms with Gasteiger partial charge in [-0.1, -0.05) is 212 Å². The van der Waals surface area contributed by atoms with Crippen LogP contribution in [0.1, 0.15) is 278 Å². The molecule has 3 N–H and O–H groups in total. The first-order valence-electron chi connectivity index (χ1n) is 26.1. The van der Waals surface area contributed by atoms with Crippen molar-refractivity contribution in [3.05, 3.63) is 24.3 Å². The van der Waals surface area contributed by atoms with E-state index in [1.165, 1.54) is 167 Å². The van der Waals surface area contributed by atoms with Crippen molar-refractivity contribution in [2.24, 2.45) is 0 Å². The molecule has 348 valence electrons. The number of esters is 1. The maximum atomic E-state index is 13.2. The smallest absolute Gasteiger partial charge is 0.306 e. The second-order valence-corrected chi connectivity index (χ2v) is 17.9. The molecule has 3 atom stereocenters. The number of ether oxygens (including phenoxy) is 1. The monoisotopic (exact) mass is 832 g/mol. The summed E-state index contributed by atoms with van der Waals surface area (Å²) in [5, 5.41) is 23.8. The van der Waals surface area contributed by atoms with E-state index in [9.17, 15) is 19.8 Å². The molecular formula is C53H101NO5. The fourth-order valence-electron chi connectivity index (χ4n) is 8.01. The van der Waals surface area contributed by atoms with E-state index < -0.39 is 18.2 Å². The molecule has 3 unspecified atom stereocenters. The standard InChI is InChI=1S/C53H101NO5/c1-4-7-10-13-16-19-22-24-26-28-30-33-36-39-42-45-51(56)50(48-55)54-52(57)47-49(44-41-38-35-32-21-18-15-12-9-6-3)59-53(58)46-43-40-37-34-31-29-27-25-23-20-17-14-11-8-5-2/h18,20-21,23,49-51,55-56H,4-17,19,22,24-48H2,1-3H3,(H,54,57)/b21-18-,23-20-. The van der Waals surface area contributed by atoms with E-state index >= 15 is 0 Å². The third-order valence-electron chi connectivity index (χ3n) is 12.0. The molecule has 0 saturated carbocycles. The highest BCUT2D eigenvalue weighted by molar-refractivity contribution is 5.77. The van der Waals surface area contributed by atoms with Crippen LogP contribution in [0.5, 0.6) is 0 Å². The Kier molecular flexibility index (Phi) is 46.1. The number of rotatable bonds is 47. The van der Waals surface area contributed by atoms with Crippen LogP contribution in [0.2, 0.25) is 0 Å². The Morgan fingerprint density at radius 1 is 0.475 bits per heavy atom. The molecule has 0 aliphatic rings. The zero-order valence-electron chi connectivity index (χ0n) is 39.7. The van der Waals surface area contributed by atoms with E-state index in [1.807, 2.05) is 0 Å². The predicted molar refractivity (Wildman–Crippen MR) is 255 cm³/mol. The third-order valence-corrected chi connectivity index (χ3v) is 12.0. The first kappa shape index (κ1) is 57.3. The maximum Gasteiger partial charge on any atom is 0.306 e. The molecule has 59 heavy (non-hydrogen) atoms. The summed E-state index contributed by atoms with van der Waals surface area (Å²) in [6.07, 6.45) is 53.8. The number of allylic oxidation sites excluding steroid dienone is 4. The number of hydrogen-bond acceptors (Lipinski definition) is 5. The lowest BCUT2D eigenvalue weighted by atomic mass is 10.0. The van der Waals surface area contributed by atoms with Crippen molar-refractivity contribution in [1.29, 1.82) is 0 Å². The van der Waals surface area contributed by atoms with Crippen molar-refractivity contribution in [2.75, 3.05) is 6.61 Å². The van der Waals surface area contributed by atoms with Gasteiger partial charge in [-0.15, -0.1) is 0 Å². The van der Waals surface area contributed by atoms with Gasteiger partial charge in [0.1, 0.15) is 6.10 Å². The molecule has 0 aliphatic carbocycles. The Morgan fingerprint density at radius 2 is 0.814 bits per heavy atom. The molecular weight excluding hydrogens is 731 g/mol. The lowest BCUT2D eigenvalue weighted by Gasteiger charge is -2.24. The Hall–Kier alpha value is -1.66. The van der Waals surface area contributed by atoms with Crippen LogP contribution in [-0.2, 0) is 14.3 Å². The summed E-state index contributed by atoms with van der Waals surface area (Å²) in [5.74, 6) is -0.485. The predicted octanol–water partition coefficient (Wildman–Crippen LogP) is 15.5. The number of unbranched alkanes of at least 4 members (excludes halogenated alkanes) is 31. The number of carbonyl (C=O) groups is 2. The lowest BCUT2D eigenvalue weighted by molar-refractivity contribution is -0.151. The van der Waals surface area contributed by atoms with E-state index in [0.717, 1.165) is 64.2 Å². The average molecular weight is 832 g/mol. The number of carbonyl (C=O) groups excluding carboxylic acids is 2. The van der Waals surface area contributed by atoms with Gasteiger partial charge in [0, 0.05) is 6.42 Å². The van der Waals surface area contributed by atoms with Gasteiger partial charge in [-0.05, 0) is 77.0 Å². The zero-order valence-corrected chi connectivity index (χ0v) is 39.7. The molecule has 0 aromatic rings. The highest BCUT2D eigenvalue weighted by Crippen LogP contribution is 2.18. The summed E-state index contributed by atoms with van der Waals surface area (Å²) in [7, 11) is 0. The molecule has 0 bridgehead atoms. The number of nitrogens with one attached hydrogen (secondary N) is 1. The molecule has 0 heterocycles. The van der Waals surface area contributed by atoms with Gasteiger partial charge in [0.05, 0.1) is 25.2 Å². The fourth-order valence-corrected chi connectivity index (χ4v) is 8.01. The highest BCUT2D eigenvalue weighted by Gasteiger charge is 2.24. The summed E-state index contributed by atoms with van der Waals surface area (Å²) in [4.78, 5) is 26.1. The highest BCUT2D eigenvalue weighted by atomic mass is 16.5. The zero-order chi connectivity index (χ0) is 43.1. The first-order valence-corrected chi connectivity index (χ1v) is 26.1. The van der Waals surface area contributed by atoms with Crippen molar-refractivity contribution < 1.29 is 24.5 Å². The minimum absolute atomic E-state index is 0.0687. The summed E-state index contributed by atoms with van der Waals surface area (Å²) in [6.45, 7) is 6.45. The molecule has 0 spiro atoms. The van der Waals surface area contributed by atoms with Gasteiger partial charge in [-0.3, -0.25) is 9.59 Å². The molecule has 0 aromatic carbocycles. The van der Waals surface area contributed by atoms with Crippen molar-refractivity contribution in [3.63, 3.8) is 0 Å². The van der Waals surface area contributed by atoms with Crippen LogP contribution in [0.25, 0.3) is 0 Å². The van der Waals surface area contributed by atoms with Gasteiger partial charge in [0.15, 0.2) is 0 Å². The average Bonchev–Trinajstić information content (AvgIpc) is 3.23. The summed E-state index contributed by atoms with van der Waals surface area (Å²) in [6, 6.07) is -0.702. The van der Waals surface area contributed by atoms with Crippen molar-refractivity contribution in [2.45, 2.75) is 296 Å². The van der Waals surface area contributed by atoms with Crippen molar-refractivity contribution in [3.8, 4) is 0 Å². The molecule has 0 radical (unpaired) electrons. The van der Waals surface area contributed by atoms with Crippen LogP contribution in [0.3, 0.4) is 0 Å². The summed E-state index contributed by atoms with van der Waals surface area (Å²) in [5.41, 5.74) is 0. The topological polar surface area (TPSA) is 95.9 Å². The molecule has 0 aromatic heterocycles. The Bertz CT molecular complexity index is 935. The van der Waals surface area contributed by atoms with Gasteiger partial charge < -0.3 is 20.3 Å². The van der Waals surface area contributed by atoms with Gasteiger partial charge in [-0.25, -0.2) is 0 Å². The molecule has 1 amide bonds. The molecule has 0 rings (SSSR count). The number of hydrogen-bond donors (Lipinski definition) is 3. The number of aliphatic hydroxyl groups is 2. The fraction of sp³-hybridized carbons (Fsp3) is 0.887. The summed E-state index contributed by atoms with van der Waals surface area (Å²) >= 11 is 0. The normalized spacial score (nSPS) is 13.4. The number of amides is 1. The van der Waals surface area contributed by atoms with E-state index in [4.69, 9.17) is 4.74 Å². The lowest BCUT2D eigenvalue weighted by Crippen LogP contribution is -2.46. The van der Waals surface area contributed by atoms with Crippen molar-refractivity contribution in [1.82, 2.24) is 5.32 Å². The second kappa shape index (κ2) is 47.4. The van der Waals surface area contributed by atoms with Crippen LogP contribution in [0, 0.1) is 0 Å². The maximum absolute atomic E-state index is 13.2. The molecule has 0 aliphatic heterocycles. The van der Waals surface area contributed by atoms with Crippen LogP contribution in [0.4, 0.5) is 0 Å². The second-order valence-electron chi connectivity index (χ2n) is 17.9. The van der Waals surface area contributed by atoms with E-state index in [-0.39, 0.29) is 24.9 Å². The Balaban J connectivity index is 4.47. The van der Waals surface area contributed by atoms with Crippen LogP contribution in [-0.4, -0.2) is 46.9 Å². The third kappa shape index (κ3) is 42.8. The minimum Gasteiger partial charge on any atom is -0.462 e. The SMILES string of the molecule is CCCCC/C=C\CCCCCC(CC(=O)NC(CO)C(O)CCCCCCCCCCCCCCCCC)OC(=O)CCCCCCCCC/C=C\CCCCCC. The Morgan fingerprint density at radius 3 is 1.27 bits per heavy atom. The quantitative estimate of drug-likeness (QED) is 0.0322. The molecule has 6 nitrogen and oxygen atoms in total. The van der Waals surface area contributed by atoms with Gasteiger partial charge in [0.25, 0.3) is 0 Å². The summed E-state index contributed by atoms with van der Waals surface area (Å²) < 4.78 is 5.91.